The Morgan fingerprint density at radius 3 is 1.88 bits per heavy atom. The normalized spacial score (nSPS) is 11.4. The molecule has 0 spiro atoms. The number of rotatable bonds is 1. The fourth-order valence-electron chi connectivity index (χ4n) is 1.62. The van der Waals surface area contributed by atoms with E-state index in [1.54, 1.807) is 0 Å². The minimum atomic E-state index is -0.249. The number of carbonyl (C=O) groups excluding carboxylic acids is 1. The highest BCUT2D eigenvalue weighted by Gasteiger charge is 2.20. The first kappa shape index (κ1) is 12.6. The summed E-state index contributed by atoms with van der Waals surface area (Å²) < 4.78 is 0. The van der Waals surface area contributed by atoms with Crippen LogP contribution >= 0.6 is 0 Å². The van der Waals surface area contributed by atoms with Gasteiger partial charge in [0.25, 0.3) is 5.91 Å². The van der Waals surface area contributed by atoms with Crippen LogP contribution in [0.2, 0.25) is 0 Å². The highest BCUT2D eigenvalue weighted by atomic mass is 16.1. The maximum atomic E-state index is 12.0. The fourth-order valence-corrected chi connectivity index (χ4v) is 1.62. The van der Waals surface area contributed by atoms with Crippen molar-refractivity contribution in [3.8, 4) is 0 Å². The van der Waals surface area contributed by atoms with Gasteiger partial charge in [0.1, 0.15) is 5.82 Å². The third-order valence-corrected chi connectivity index (χ3v) is 2.10. The smallest absolute Gasteiger partial charge is 0.255 e. The molecule has 0 aliphatic heterocycles. The van der Waals surface area contributed by atoms with Gasteiger partial charge in [-0.1, -0.05) is 0 Å². The average molecular weight is 221 g/mol. The molecule has 4 heteroatoms. The Balaban J connectivity index is 3.10. The summed E-state index contributed by atoms with van der Waals surface area (Å²) in [5, 5.41) is 2.92. The zero-order chi connectivity index (χ0) is 12.5. The van der Waals surface area contributed by atoms with Crippen molar-refractivity contribution in [2.75, 3.05) is 0 Å². The molecule has 0 aliphatic rings. The number of hydrogen-bond donors (Lipinski definition) is 1. The lowest BCUT2D eigenvalue weighted by Gasteiger charge is -2.21. The van der Waals surface area contributed by atoms with Gasteiger partial charge in [-0.2, -0.15) is 0 Å². The number of nitrogens with one attached hydrogen (secondary N) is 1. The van der Waals surface area contributed by atoms with Gasteiger partial charge >= 0.3 is 0 Å². The molecule has 1 aromatic heterocycles. The fraction of sp³-hybridized carbons (Fsp3) is 0.583. The second-order valence-corrected chi connectivity index (χ2v) is 5.02. The van der Waals surface area contributed by atoms with Gasteiger partial charge in [0.2, 0.25) is 0 Å². The molecular weight excluding hydrogens is 202 g/mol. The topological polar surface area (TPSA) is 54.9 Å². The molecule has 0 saturated carbocycles. The highest BCUT2D eigenvalue weighted by molar-refractivity contribution is 5.96. The summed E-state index contributed by atoms with van der Waals surface area (Å²) in [6.07, 6.45) is 0. The minimum absolute atomic E-state index is 0.109. The van der Waals surface area contributed by atoms with Crippen molar-refractivity contribution in [2.45, 2.75) is 47.1 Å². The molecule has 1 rings (SSSR count). The predicted octanol–water partition coefficient (Wildman–Crippen LogP) is 1.93. The highest BCUT2D eigenvalue weighted by Crippen LogP contribution is 2.11. The van der Waals surface area contributed by atoms with Crippen LogP contribution in [0.3, 0.4) is 0 Å². The second kappa shape index (κ2) is 4.20. The number of aryl methyl sites for hydroxylation is 3. The van der Waals surface area contributed by atoms with Gasteiger partial charge in [-0.05, 0) is 41.5 Å². The van der Waals surface area contributed by atoms with Gasteiger partial charge in [-0.3, -0.25) is 4.79 Å². The molecule has 1 amide bonds. The molecular formula is C12H19N3O. The van der Waals surface area contributed by atoms with Crippen LogP contribution in [0.25, 0.3) is 0 Å². The van der Waals surface area contributed by atoms with Crippen molar-refractivity contribution < 1.29 is 4.79 Å². The lowest BCUT2D eigenvalue weighted by molar-refractivity contribution is 0.0917. The van der Waals surface area contributed by atoms with E-state index in [4.69, 9.17) is 0 Å². The Hall–Kier alpha value is -1.45. The van der Waals surface area contributed by atoms with Crippen LogP contribution in [0.4, 0.5) is 0 Å². The van der Waals surface area contributed by atoms with Gasteiger partial charge in [-0.15, -0.1) is 0 Å². The Kier molecular flexibility index (Phi) is 3.31. The summed E-state index contributed by atoms with van der Waals surface area (Å²) >= 11 is 0. The van der Waals surface area contributed by atoms with Crippen LogP contribution in [-0.2, 0) is 0 Å². The summed E-state index contributed by atoms with van der Waals surface area (Å²) in [6.45, 7) is 11.3. The van der Waals surface area contributed by atoms with E-state index in [0.717, 1.165) is 11.4 Å². The largest absolute Gasteiger partial charge is 0.347 e. The Morgan fingerprint density at radius 2 is 1.50 bits per heavy atom. The molecule has 0 saturated heterocycles. The summed E-state index contributed by atoms with van der Waals surface area (Å²) in [4.78, 5) is 20.4. The summed E-state index contributed by atoms with van der Waals surface area (Å²) in [6, 6.07) is 0. The number of carbonyl (C=O) groups is 1. The Bertz CT molecular complexity index is 396. The first-order valence-corrected chi connectivity index (χ1v) is 5.35. The molecule has 4 nitrogen and oxygen atoms in total. The van der Waals surface area contributed by atoms with Crippen LogP contribution in [0.15, 0.2) is 0 Å². The first-order chi connectivity index (χ1) is 7.20. The molecule has 0 radical (unpaired) electrons. The van der Waals surface area contributed by atoms with Gasteiger partial charge in [0.05, 0.1) is 17.0 Å². The van der Waals surface area contributed by atoms with E-state index in [-0.39, 0.29) is 11.4 Å². The molecule has 0 unspecified atom stereocenters. The van der Waals surface area contributed by atoms with Crippen molar-refractivity contribution in [2.24, 2.45) is 0 Å². The van der Waals surface area contributed by atoms with E-state index in [1.807, 2.05) is 41.5 Å². The van der Waals surface area contributed by atoms with Gasteiger partial charge in [0.15, 0.2) is 0 Å². The van der Waals surface area contributed by atoms with E-state index >= 15 is 0 Å². The van der Waals surface area contributed by atoms with Gasteiger partial charge in [0, 0.05) is 5.54 Å². The van der Waals surface area contributed by atoms with E-state index in [0.29, 0.717) is 11.4 Å². The van der Waals surface area contributed by atoms with E-state index in [9.17, 15) is 4.79 Å². The van der Waals surface area contributed by atoms with Crippen LogP contribution in [0, 0.1) is 20.8 Å². The average Bonchev–Trinajstić information content (AvgIpc) is 1.96. The molecule has 0 aromatic carbocycles. The van der Waals surface area contributed by atoms with E-state index in [2.05, 4.69) is 15.3 Å². The Morgan fingerprint density at radius 1 is 1.06 bits per heavy atom. The van der Waals surface area contributed by atoms with Crippen LogP contribution in [-0.4, -0.2) is 21.4 Å². The molecule has 16 heavy (non-hydrogen) atoms. The van der Waals surface area contributed by atoms with Crippen LogP contribution in [0.5, 0.6) is 0 Å². The third kappa shape index (κ3) is 3.02. The summed E-state index contributed by atoms with van der Waals surface area (Å²) in [5.41, 5.74) is 1.79. The van der Waals surface area contributed by atoms with Crippen LogP contribution in [0.1, 0.15) is 48.3 Å². The molecule has 88 valence electrons. The monoisotopic (exact) mass is 221 g/mol. The number of nitrogens with zero attached hydrogens (tertiary/aromatic N) is 2. The molecule has 1 heterocycles. The first-order valence-electron chi connectivity index (χ1n) is 5.35. The third-order valence-electron chi connectivity index (χ3n) is 2.10. The van der Waals surface area contributed by atoms with E-state index in [1.165, 1.54) is 0 Å². The lowest BCUT2D eigenvalue weighted by Crippen LogP contribution is -2.41. The molecule has 1 N–H and O–H groups in total. The van der Waals surface area contributed by atoms with Crippen molar-refractivity contribution in [1.29, 1.82) is 0 Å². The predicted molar refractivity (Wildman–Crippen MR) is 63.5 cm³/mol. The molecule has 0 atom stereocenters. The quantitative estimate of drug-likeness (QED) is 0.788. The molecule has 0 fully saturated rings. The Labute approximate surface area is 96.5 Å². The van der Waals surface area contributed by atoms with Gasteiger partial charge < -0.3 is 5.32 Å². The zero-order valence-electron chi connectivity index (χ0n) is 10.8. The summed E-state index contributed by atoms with van der Waals surface area (Å²) in [5.74, 6) is 0.588. The lowest BCUT2D eigenvalue weighted by atomic mass is 10.1. The SMILES string of the molecule is Cc1nc(C)c(C(=O)NC(C)(C)C)c(C)n1. The molecule has 1 aromatic rings. The number of aromatic nitrogens is 2. The molecule has 0 aliphatic carbocycles. The standard InChI is InChI=1S/C12H19N3O/c1-7-10(8(2)14-9(3)13-7)11(16)15-12(4,5)6/h1-6H3,(H,15,16). The second-order valence-electron chi connectivity index (χ2n) is 5.02. The van der Waals surface area contributed by atoms with Crippen molar-refractivity contribution in [3.63, 3.8) is 0 Å². The number of amides is 1. The van der Waals surface area contributed by atoms with Gasteiger partial charge in [-0.25, -0.2) is 9.97 Å². The maximum Gasteiger partial charge on any atom is 0.255 e. The van der Waals surface area contributed by atoms with Crippen molar-refractivity contribution >= 4 is 5.91 Å². The summed E-state index contributed by atoms with van der Waals surface area (Å²) in [7, 11) is 0. The number of hydrogen-bond acceptors (Lipinski definition) is 3. The minimum Gasteiger partial charge on any atom is -0.347 e. The van der Waals surface area contributed by atoms with Crippen LogP contribution < -0.4 is 5.32 Å². The zero-order valence-corrected chi connectivity index (χ0v) is 10.8. The van der Waals surface area contributed by atoms with Crippen molar-refractivity contribution in [3.05, 3.63) is 22.8 Å². The van der Waals surface area contributed by atoms with E-state index < -0.39 is 0 Å². The maximum absolute atomic E-state index is 12.0. The van der Waals surface area contributed by atoms with Crippen molar-refractivity contribution in [1.82, 2.24) is 15.3 Å². The molecule has 0 bridgehead atoms.